The largest absolute Gasteiger partial charge is 0.434 e. The van der Waals surface area contributed by atoms with E-state index in [0.717, 1.165) is 0 Å². The van der Waals surface area contributed by atoms with Crippen molar-refractivity contribution in [3.63, 3.8) is 0 Å². The fraction of sp³-hybridized carbons (Fsp3) is 0.154. The molecule has 0 aliphatic heterocycles. The Balaban J connectivity index is 2.06. The summed E-state index contributed by atoms with van der Waals surface area (Å²) in [5.74, 6) is 0.184. The standard InChI is InChI=1S/C13H11BrFN5O/c1-2-16-13-19-11-10(17-6-18-11)12(20-13)21-9-5-7(14)3-4-8(9)15/h3-6H,2H2,1H3,(H2,16,17,18,19,20). The van der Waals surface area contributed by atoms with Gasteiger partial charge in [-0.3, -0.25) is 0 Å². The van der Waals surface area contributed by atoms with Crippen LogP contribution in [0.25, 0.3) is 11.2 Å². The van der Waals surface area contributed by atoms with Crippen molar-refractivity contribution < 1.29 is 9.13 Å². The first-order chi connectivity index (χ1) is 10.2. The summed E-state index contributed by atoms with van der Waals surface area (Å²) in [4.78, 5) is 15.4. The van der Waals surface area contributed by atoms with Gasteiger partial charge in [-0.2, -0.15) is 9.97 Å². The van der Waals surface area contributed by atoms with Crippen molar-refractivity contribution in [1.82, 2.24) is 19.9 Å². The zero-order chi connectivity index (χ0) is 14.8. The molecular weight excluding hydrogens is 341 g/mol. The lowest BCUT2D eigenvalue weighted by Crippen LogP contribution is -2.04. The molecule has 0 aliphatic carbocycles. The molecule has 0 radical (unpaired) electrons. The van der Waals surface area contributed by atoms with Crippen LogP contribution in [0.2, 0.25) is 0 Å². The third-order valence-electron chi connectivity index (χ3n) is 2.69. The van der Waals surface area contributed by atoms with Crippen LogP contribution in [0.15, 0.2) is 29.0 Å². The quantitative estimate of drug-likeness (QED) is 0.752. The van der Waals surface area contributed by atoms with Gasteiger partial charge in [-0.15, -0.1) is 0 Å². The van der Waals surface area contributed by atoms with Gasteiger partial charge in [0.05, 0.1) is 6.33 Å². The molecule has 2 aromatic heterocycles. The number of aromatic amines is 1. The molecule has 0 amide bonds. The van der Waals surface area contributed by atoms with E-state index < -0.39 is 5.82 Å². The smallest absolute Gasteiger partial charge is 0.250 e. The van der Waals surface area contributed by atoms with Gasteiger partial charge in [-0.25, -0.2) is 9.37 Å². The molecule has 0 spiro atoms. The maximum Gasteiger partial charge on any atom is 0.250 e. The normalized spacial score (nSPS) is 10.8. The molecule has 0 fully saturated rings. The molecule has 1 aromatic carbocycles. The van der Waals surface area contributed by atoms with Crippen molar-refractivity contribution >= 4 is 33.0 Å². The van der Waals surface area contributed by atoms with E-state index in [1.165, 1.54) is 18.5 Å². The van der Waals surface area contributed by atoms with Crippen molar-refractivity contribution in [2.75, 3.05) is 11.9 Å². The maximum atomic E-state index is 13.8. The molecule has 0 saturated heterocycles. The first-order valence-electron chi connectivity index (χ1n) is 6.25. The third-order valence-corrected chi connectivity index (χ3v) is 3.18. The molecule has 0 unspecified atom stereocenters. The summed E-state index contributed by atoms with van der Waals surface area (Å²) in [6, 6.07) is 4.44. The molecule has 2 heterocycles. The van der Waals surface area contributed by atoms with Crippen LogP contribution < -0.4 is 10.1 Å². The van der Waals surface area contributed by atoms with Crippen molar-refractivity contribution in [2.24, 2.45) is 0 Å². The highest BCUT2D eigenvalue weighted by Crippen LogP contribution is 2.30. The summed E-state index contributed by atoms with van der Waals surface area (Å²) >= 11 is 3.28. The summed E-state index contributed by atoms with van der Waals surface area (Å²) in [7, 11) is 0. The van der Waals surface area contributed by atoms with Crippen LogP contribution in [0.3, 0.4) is 0 Å². The summed E-state index contributed by atoms with van der Waals surface area (Å²) < 4.78 is 20.1. The highest BCUT2D eigenvalue weighted by molar-refractivity contribution is 9.10. The summed E-state index contributed by atoms with van der Waals surface area (Å²) in [6.45, 7) is 2.58. The number of rotatable bonds is 4. The minimum atomic E-state index is -0.477. The van der Waals surface area contributed by atoms with Crippen molar-refractivity contribution in [3.8, 4) is 11.6 Å². The minimum absolute atomic E-state index is 0.0708. The SMILES string of the molecule is CCNc1nc(Oc2cc(Br)ccc2F)c2[nH]cnc2n1. The number of anilines is 1. The van der Waals surface area contributed by atoms with E-state index in [9.17, 15) is 4.39 Å². The number of imidazole rings is 1. The van der Waals surface area contributed by atoms with Crippen LogP contribution in [0.1, 0.15) is 6.92 Å². The Morgan fingerprint density at radius 1 is 1.38 bits per heavy atom. The number of nitrogens with one attached hydrogen (secondary N) is 2. The van der Waals surface area contributed by atoms with Gasteiger partial charge >= 0.3 is 0 Å². The maximum absolute atomic E-state index is 13.8. The van der Waals surface area contributed by atoms with Crippen LogP contribution in [0.4, 0.5) is 10.3 Å². The Bertz CT molecular complexity index is 791. The van der Waals surface area contributed by atoms with Crippen LogP contribution in [-0.2, 0) is 0 Å². The Labute approximate surface area is 127 Å². The molecule has 0 atom stereocenters. The lowest BCUT2D eigenvalue weighted by molar-refractivity contribution is 0.431. The number of aromatic nitrogens is 4. The Morgan fingerprint density at radius 2 is 2.24 bits per heavy atom. The second kappa shape index (κ2) is 5.65. The average molecular weight is 352 g/mol. The molecule has 0 aliphatic rings. The zero-order valence-corrected chi connectivity index (χ0v) is 12.6. The predicted molar refractivity (Wildman–Crippen MR) is 80.0 cm³/mol. The van der Waals surface area contributed by atoms with E-state index in [4.69, 9.17) is 4.74 Å². The number of halogens is 2. The lowest BCUT2D eigenvalue weighted by Gasteiger charge is -2.08. The molecule has 3 aromatic rings. The van der Waals surface area contributed by atoms with E-state index in [1.807, 2.05) is 6.92 Å². The van der Waals surface area contributed by atoms with Gasteiger partial charge in [0.2, 0.25) is 5.95 Å². The van der Waals surface area contributed by atoms with Gasteiger partial charge < -0.3 is 15.0 Å². The zero-order valence-electron chi connectivity index (χ0n) is 11.0. The van der Waals surface area contributed by atoms with Crippen LogP contribution >= 0.6 is 15.9 Å². The first kappa shape index (κ1) is 13.7. The highest BCUT2D eigenvalue weighted by Gasteiger charge is 2.14. The summed E-state index contributed by atoms with van der Waals surface area (Å²) in [6.07, 6.45) is 1.49. The molecule has 0 saturated carbocycles. The van der Waals surface area contributed by atoms with E-state index in [-0.39, 0.29) is 11.6 Å². The van der Waals surface area contributed by atoms with Gasteiger partial charge in [-0.05, 0) is 25.1 Å². The average Bonchev–Trinajstić information content (AvgIpc) is 2.92. The Morgan fingerprint density at radius 3 is 3.05 bits per heavy atom. The second-order valence-electron chi connectivity index (χ2n) is 4.16. The number of hydrogen-bond acceptors (Lipinski definition) is 5. The highest BCUT2D eigenvalue weighted by atomic mass is 79.9. The van der Waals surface area contributed by atoms with Crippen molar-refractivity contribution in [2.45, 2.75) is 6.92 Å². The van der Waals surface area contributed by atoms with E-state index in [0.29, 0.717) is 28.1 Å². The number of benzene rings is 1. The molecule has 3 rings (SSSR count). The lowest BCUT2D eigenvalue weighted by atomic mass is 10.3. The molecule has 108 valence electrons. The van der Waals surface area contributed by atoms with Crippen molar-refractivity contribution in [1.29, 1.82) is 0 Å². The summed E-state index contributed by atoms with van der Waals surface area (Å²) in [5, 5.41) is 2.98. The van der Waals surface area contributed by atoms with Gasteiger partial charge in [0.15, 0.2) is 17.2 Å². The minimum Gasteiger partial charge on any atom is -0.434 e. The monoisotopic (exact) mass is 351 g/mol. The number of fused-ring (bicyclic) bond motifs is 1. The van der Waals surface area contributed by atoms with Gasteiger partial charge in [-0.1, -0.05) is 15.9 Å². The van der Waals surface area contributed by atoms with Crippen LogP contribution in [-0.4, -0.2) is 26.5 Å². The van der Waals surface area contributed by atoms with Gasteiger partial charge in [0.25, 0.3) is 5.88 Å². The third kappa shape index (κ3) is 2.80. The van der Waals surface area contributed by atoms with E-state index >= 15 is 0 Å². The van der Waals surface area contributed by atoms with Gasteiger partial charge in [0.1, 0.15) is 5.52 Å². The van der Waals surface area contributed by atoms with E-state index in [2.05, 4.69) is 41.2 Å². The number of nitrogens with zero attached hydrogens (tertiary/aromatic N) is 3. The van der Waals surface area contributed by atoms with E-state index in [1.54, 1.807) is 6.07 Å². The Hall–Kier alpha value is -2.22. The van der Waals surface area contributed by atoms with Crippen LogP contribution in [0, 0.1) is 5.82 Å². The van der Waals surface area contributed by atoms with Gasteiger partial charge in [0, 0.05) is 11.0 Å². The fourth-order valence-electron chi connectivity index (χ4n) is 1.78. The number of H-pyrrole nitrogens is 1. The molecule has 0 bridgehead atoms. The molecule has 21 heavy (non-hydrogen) atoms. The molecule has 8 heteroatoms. The molecular formula is C13H11BrFN5O. The first-order valence-corrected chi connectivity index (χ1v) is 7.04. The Kier molecular flexibility index (Phi) is 3.70. The number of hydrogen-bond donors (Lipinski definition) is 2. The molecule has 6 nitrogen and oxygen atoms in total. The van der Waals surface area contributed by atoms with Crippen molar-refractivity contribution in [3.05, 3.63) is 34.8 Å². The molecule has 2 N–H and O–H groups in total. The summed E-state index contributed by atoms with van der Waals surface area (Å²) in [5.41, 5.74) is 0.961. The fourth-order valence-corrected chi connectivity index (χ4v) is 2.12. The van der Waals surface area contributed by atoms with Crippen LogP contribution in [0.5, 0.6) is 11.6 Å². The number of ether oxygens (including phenoxy) is 1. The predicted octanol–water partition coefficient (Wildman–Crippen LogP) is 3.48. The second-order valence-corrected chi connectivity index (χ2v) is 5.08. The topological polar surface area (TPSA) is 75.7 Å².